The van der Waals surface area contributed by atoms with Gasteiger partial charge in [0.2, 0.25) is 5.75 Å². The molecule has 0 saturated carbocycles. The maximum atomic E-state index is 10.5. The molecule has 2 rings (SSSR count). The number of hydrogen-bond donors (Lipinski definition) is 3. The van der Waals surface area contributed by atoms with Gasteiger partial charge in [0.15, 0.2) is 17.8 Å². The Morgan fingerprint density at radius 1 is 1.29 bits per heavy atom. The van der Waals surface area contributed by atoms with Crippen LogP contribution in [0.1, 0.15) is 37.7 Å². The summed E-state index contributed by atoms with van der Waals surface area (Å²) in [6, 6.07) is 3.21. The number of ether oxygens (including phenoxy) is 2. The first kappa shape index (κ1) is 15.4. The van der Waals surface area contributed by atoms with E-state index in [2.05, 4.69) is 0 Å². The molecule has 0 aromatic heterocycles. The highest BCUT2D eigenvalue weighted by Gasteiger charge is 2.19. The Hall–Kier alpha value is -1.95. The van der Waals surface area contributed by atoms with Crippen LogP contribution >= 0.6 is 0 Å². The fourth-order valence-corrected chi connectivity index (χ4v) is 2.28. The van der Waals surface area contributed by atoms with E-state index in [1.165, 1.54) is 0 Å². The first-order valence-electron chi connectivity index (χ1n) is 7.12. The molecule has 0 radical (unpaired) electrons. The normalized spacial score (nSPS) is 18.4. The van der Waals surface area contributed by atoms with Gasteiger partial charge in [-0.15, -0.1) is 0 Å². The Morgan fingerprint density at radius 3 is 2.76 bits per heavy atom. The standard InChI is InChI=1S/C15H20O6/c16-12(17)5-3-4-10-7-8-11(15(19)14(10)18)21-13-6-1-2-9-20-13/h7-8,13,18-19H,1-6,9H2,(H,16,17). The molecule has 0 amide bonds. The Bertz CT molecular complexity index is 493. The van der Waals surface area contributed by atoms with Gasteiger partial charge in [0.1, 0.15) is 0 Å². The molecule has 1 aromatic rings. The zero-order valence-corrected chi connectivity index (χ0v) is 11.7. The van der Waals surface area contributed by atoms with Crippen LogP contribution in [0.15, 0.2) is 12.1 Å². The van der Waals surface area contributed by atoms with Crippen molar-refractivity contribution in [1.29, 1.82) is 0 Å². The Balaban J connectivity index is 2.00. The van der Waals surface area contributed by atoms with E-state index in [1.807, 2.05) is 0 Å². The van der Waals surface area contributed by atoms with Crippen molar-refractivity contribution in [3.8, 4) is 17.2 Å². The molecular weight excluding hydrogens is 276 g/mol. The van der Waals surface area contributed by atoms with E-state index in [0.717, 1.165) is 19.3 Å². The number of benzene rings is 1. The minimum atomic E-state index is -0.881. The number of aliphatic carboxylic acids is 1. The molecule has 1 aromatic carbocycles. The molecule has 1 fully saturated rings. The molecule has 0 aliphatic carbocycles. The average molecular weight is 296 g/mol. The van der Waals surface area contributed by atoms with Crippen molar-refractivity contribution >= 4 is 5.97 Å². The average Bonchev–Trinajstić information content (AvgIpc) is 2.47. The molecule has 1 atom stereocenters. The summed E-state index contributed by atoms with van der Waals surface area (Å²) in [5.74, 6) is -1.28. The summed E-state index contributed by atoms with van der Waals surface area (Å²) in [5, 5.41) is 28.5. The summed E-state index contributed by atoms with van der Waals surface area (Å²) in [7, 11) is 0. The number of phenols is 2. The number of hydrogen-bond acceptors (Lipinski definition) is 5. The number of carboxylic acid groups (broad SMARTS) is 1. The van der Waals surface area contributed by atoms with Gasteiger partial charge in [0.25, 0.3) is 0 Å². The van der Waals surface area contributed by atoms with Gasteiger partial charge in [-0.2, -0.15) is 0 Å². The van der Waals surface area contributed by atoms with Crippen molar-refractivity contribution in [2.45, 2.75) is 44.8 Å². The third kappa shape index (κ3) is 4.26. The minimum absolute atomic E-state index is 0.0222. The van der Waals surface area contributed by atoms with Gasteiger partial charge in [-0.3, -0.25) is 4.79 Å². The molecule has 21 heavy (non-hydrogen) atoms. The van der Waals surface area contributed by atoms with Gasteiger partial charge in [-0.25, -0.2) is 0 Å². The zero-order chi connectivity index (χ0) is 15.2. The van der Waals surface area contributed by atoms with Crippen LogP contribution < -0.4 is 4.74 Å². The highest BCUT2D eigenvalue weighted by Crippen LogP contribution is 2.39. The molecule has 1 saturated heterocycles. The molecule has 116 valence electrons. The van der Waals surface area contributed by atoms with E-state index in [9.17, 15) is 15.0 Å². The van der Waals surface area contributed by atoms with Crippen molar-refractivity contribution in [2.24, 2.45) is 0 Å². The lowest BCUT2D eigenvalue weighted by Gasteiger charge is -2.24. The van der Waals surface area contributed by atoms with Crippen LogP contribution in [0.2, 0.25) is 0 Å². The number of carboxylic acids is 1. The summed E-state index contributed by atoms with van der Waals surface area (Å²) in [4.78, 5) is 10.5. The smallest absolute Gasteiger partial charge is 0.303 e. The number of aryl methyl sites for hydroxylation is 1. The third-order valence-corrected chi connectivity index (χ3v) is 3.43. The summed E-state index contributed by atoms with van der Waals surface area (Å²) >= 11 is 0. The molecule has 1 unspecified atom stereocenters. The molecule has 0 spiro atoms. The van der Waals surface area contributed by atoms with Crippen LogP contribution in [0.5, 0.6) is 17.2 Å². The lowest BCUT2D eigenvalue weighted by Crippen LogP contribution is -2.25. The summed E-state index contributed by atoms with van der Waals surface area (Å²) in [5.41, 5.74) is 0.505. The van der Waals surface area contributed by atoms with Crippen molar-refractivity contribution in [3.05, 3.63) is 17.7 Å². The molecule has 0 bridgehead atoms. The topological polar surface area (TPSA) is 96.2 Å². The van der Waals surface area contributed by atoms with Crippen molar-refractivity contribution < 1.29 is 29.6 Å². The van der Waals surface area contributed by atoms with E-state index < -0.39 is 12.3 Å². The van der Waals surface area contributed by atoms with Crippen LogP contribution in [0.25, 0.3) is 0 Å². The van der Waals surface area contributed by atoms with Gasteiger partial charge in [-0.1, -0.05) is 6.07 Å². The van der Waals surface area contributed by atoms with Crippen molar-refractivity contribution in [1.82, 2.24) is 0 Å². The van der Waals surface area contributed by atoms with Gasteiger partial charge >= 0.3 is 5.97 Å². The lowest BCUT2D eigenvalue weighted by molar-refractivity contribution is -0.137. The summed E-state index contributed by atoms with van der Waals surface area (Å²) in [6.07, 6.45) is 3.15. The first-order valence-corrected chi connectivity index (χ1v) is 7.12. The summed E-state index contributed by atoms with van der Waals surface area (Å²) < 4.78 is 11.0. The molecule has 1 aliphatic rings. The minimum Gasteiger partial charge on any atom is -0.504 e. The second kappa shape index (κ2) is 7.17. The Kier molecular flexibility index (Phi) is 5.27. The predicted octanol–water partition coefficient (Wildman–Crippen LogP) is 2.41. The zero-order valence-electron chi connectivity index (χ0n) is 11.7. The largest absolute Gasteiger partial charge is 0.504 e. The third-order valence-electron chi connectivity index (χ3n) is 3.43. The maximum Gasteiger partial charge on any atom is 0.303 e. The molecule has 6 heteroatoms. The number of phenolic OH excluding ortho intramolecular Hbond substituents is 2. The Morgan fingerprint density at radius 2 is 2.10 bits per heavy atom. The number of aromatic hydroxyl groups is 2. The van der Waals surface area contributed by atoms with Crippen molar-refractivity contribution in [3.63, 3.8) is 0 Å². The van der Waals surface area contributed by atoms with E-state index in [4.69, 9.17) is 14.6 Å². The van der Waals surface area contributed by atoms with Crippen LogP contribution in [0.4, 0.5) is 0 Å². The van der Waals surface area contributed by atoms with Crippen LogP contribution in [-0.4, -0.2) is 34.2 Å². The first-order chi connectivity index (χ1) is 10.1. The SMILES string of the molecule is O=C(O)CCCc1ccc(OC2CCCCO2)c(O)c1O. The van der Waals surface area contributed by atoms with Gasteiger partial charge < -0.3 is 24.8 Å². The summed E-state index contributed by atoms with van der Waals surface area (Å²) in [6.45, 7) is 0.630. The van der Waals surface area contributed by atoms with Crippen LogP contribution in [0.3, 0.4) is 0 Å². The fraction of sp³-hybridized carbons (Fsp3) is 0.533. The number of carbonyl (C=O) groups is 1. The van der Waals surface area contributed by atoms with E-state index in [1.54, 1.807) is 12.1 Å². The van der Waals surface area contributed by atoms with Gasteiger partial charge in [0.05, 0.1) is 6.61 Å². The molecular formula is C15H20O6. The Labute approximate surface area is 122 Å². The second-order valence-electron chi connectivity index (χ2n) is 5.08. The molecule has 6 nitrogen and oxygen atoms in total. The quantitative estimate of drug-likeness (QED) is 0.698. The fourth-order valence-electron chi connectivity index (χ4n) is 2.28. The van der Waals surface area contributed by atoms with E-state index >= 15 is 0 Å². The van der Waals surface area contributed by atoms with Crippen molar-refractivity contribution in [2.75, 3.05) is 6.61 Å². The highest BCUT2D eigenvalue weighted by atomic mass is 16.7. The molecule has 3 N–H and O–H groups in total. The second-order valence-corrected chi connectivity index (χ2v) is 5.08. The lowest BCUT2D eigenvalue weighted by atomic mass is 10.1. The number of rotatable bonds is 6. The monoisotopic (exact) mass is 296 g/mol. The predicted molar refractivity (Wildman–Crippen MR) is 74.6 cm³/mol. The van der Waals surface area contributed by atoms with Crippen LogP contribution in [0, 0.1) is 0 Å². The maximum absolute atomic E-state index is 10.5. The van der Waals surface area contributed by atoms with Crippen LogP contribution in [-0.2, 0) is 16.0 Å². The van der Waals surface area contributed by atoms with Gasteiger partial charge in [0, 0.05) is 12.8 Å². The molecule has 1 heterocycles. The van der Waals surface area contributed by atoms with E-state index in [0.29, 0.717) is 25.0 Å². The molecule has 1 aliphatic heterocycles. The van der Waals surface area contributed by atoms with Gasteiger partial charge in [-0.05, 0) is 37.3 Å². The van der Waals surface area contributed by atoms with E-state index in [-0.39, 0.29) is 23.7 Å². The highest BCUT2D eigenvalue weighted by molar-refractivity contribution is 5.66.